The number of ether oxygens (including phenoxy) is 4. The quantitative estimate of drug-likeness (QED) is 0.106. The number of hydrogen-bond donors (Lipinski definition) is 2. The summed E-state index contributed by atoms with van der Waals surface area (Å²) in [6.45, 7) is 21.4. The number of hydrogen-bond acceptors (Lipinski definition) is 9. The summed E-state index contributed by atoms with van der Waals surface area (Å²) < 4.78 is 61.3. The van der Waals surface area contributed by atoms with Gasteiger partial charge >= 0.3 is 6.09 Å². The number of amides is 4. The maximum Gasteiger partial charge on any atom is 0.410 e. The molecule has 0 spiro atoms. The van der Waals surface area contributed by atoms with Gasteiger partial charge in [-0.3, -0.25) is 19.3 Å². The molecule has 5 rings (SSSR count). The first-order valence-corrected chi connectivity index (χ1v) is 27.1. The summed E-state index contributed by atoms with van der Waals surface area (Å²) in [4.78, 5) is 60.7. The second-order valence-corrected chi connectivity index (χ2v) is 26.0. The normalized spacial score (nSPS) is 20.5. The van der Waals surface area contributed by atoms with Gasteiger partial charge < -0.3 is 38.9 Å². The minimum atomic E-state index is -2.84. The third kappa shape index (κ3) is 14.1. The molecule has 2 fully saturated rings. The van der Waals surface area contributed by atoms with Gasteiger partial charge in [-0.15, -0.1) is 0 Å². The molecule has 0 radical (unpaired) electrons. The largest absolute Gasteiger partial charge is 0.497 e. The molecule has 2 aliphatic rings. The monoisotopic (exact) mass is 979 g/mol. The highest BCUT2D eigenvalue weighted by Crippen LogP contribution is 2.41. The van der Waals surface area contributed by atoms with Gasteiger partial charge in [-0.25, -0.2) is 13.6 Å². The standard InChI is InChI=1S/C53H76F2N4O9Si/c1-14-34(2)53(57-35(3)60)22-23-58(49(53)62)45(21-20-36-18-16-15-17-19-36)48(61)56-44(28-37-24-39(54)29-40(55)25-37)47(68-69(12,13)52(7,8)9)46-31-43(32-59(46)50(63)67-51(4,5)6)66-33-38-26-41(64-10)30-42(27-38)65-11/h15-19,24-27,29-30,34,43-47H,14,20-23,28,31-33H2,1-13H3,(H,56,61)(H,57,60)/t34-,43?,44+,45+,46?,47+,53+/m1/s1. The van der Waals surface area contributed by atoms with Crippen LogP contribution in [0, 0.1) is 17.6 Å². The lowest BCUT2D eigenvalue weighted by molar-refractivity contribution is -0.144. The van der Waals surface area contributed by atoms with Crippen molar-refractivity contribution in [1.29, 1.82) is 0 Å². The second-order valence-electron chi connectivity index (χ2n) is 21.3. The van der Waals surface area contributed by atoms with Gasteiger partial charge in [0.2, 0.25) is 17.7 Å². The van der Waals surface area contributed by atoms with Crippen LogP contribution in [-0.2, 0) is 47.7 Å². The number of halogens is 2. The molecule has 0 bridgehead atoms. The fourth-order valence-electron chi connectivity index (χ4n) is 9.20. The Hall–Kier alpha value is -5.06. The highest BCUT2D eigenvalue weighted by Gasteiger charge is 2.54. The van der Waals surface area contributed by atoms with Crippen LogP contribution in [0.2, 0.25) is 18.1 Å². The van der Waals surface area contributed by atoms with E-state index in [4.69, 9.17) is 23.4 Å². The van der Waals surface area contributed by atoms with Crippen LogP contribution in [0.4, 0.5) is 13.6 Å². The van der Waals surface area contributed by atoms with Gasteiger partial charge in [0, 0.05) is 25.6 Å². The Morgan fingerprint density at radius 3 is 2.07 bits per heavy atom. The molecular formula is C53H76F2N4O9Si. The van der Waals surface area contributed by atoms with Crippen LogP contribution in [0.15, 0.2) is 66.7 Å². The minimum Gasteiger partial charge on any atom is -0.497 e. The molecule has 3 aromatic carbocycles. The number of likely N-dealkylation sites (tertiary alicyclic amines) is 2. The van der Waals surface area contributed by atoms with Crippen LogP contribution in [0.25, 0.3) is 0 Å². The predicted octanol–water partition coefficient (Wildman–Crippen LogP) is 9.15. The molecule has 69 heavy (non-hydrogen) atoms. The Labute approximate surface area is 409 Å². The van der Waals surface area contributed by atoms with E-state index in [2.05, 4.69) is 44.5 Å². The Morgan fingerprint density at radius 2 is 1.52 bits per heavy atom. The van der Waals surface area contributed by atoms with Crippen molar-refractivity contribution in [3.05, 3.63) is 95.1 Å². The topological polar surface area (TPSA) is 145 Å². The maximum absolute atomic E-state index is 15.5. The maximum atomic E-state index is 15.5. The SMILES string of the molecule is CC[C@@H](C)[C@@]1(NC(C)=O)CCN([C@@H](CCc2ccccc2)C(=O)N[C@@H](Cc2cc(F)cc(F)c2)[C@H](O[Si](C)(C)C(C)(C)C)C2CC(OCc3cc(OC)cc(OC)c3)CN2C(=O)OC(C)(C)C)C1=O. The number of nitrogens with one attached hydrogen (secondary N) is 2. The molecule has 3 aromatic rings. The molecule has 0 aliphatic carbocycles. The summed E-state index contributed by atoms with van der Waals surface area (Å²) in [5.74, 6) is -1.86. The zero-order valence-electron chi connectivity index (χ0n) is 43.0. The van der Waals surface area contributed by atoms with E-state index in [1.807, 2.05) is 56.3 Å². The number of rotatable bonds is 20. The molecule has 0 saturated carbocycles. The molecule has 16 heteroatoms. The van der Waals surface area contributed by atoms with Gasteiger partial charge in [-0.2, -0.15) is 0 Å². The van der Waals surface area contributed by atoms with Crippen LogP contribution >= 0.6 is 0 Å². The van der Waals surface area contributed by atoms with Crippen molar-refractivity contribution < 1.29 is 51.3 Å². The highest BCUT2D eigenvalue weighted by atomic mass is 28.4. The summed E-state index contributed by atoms with van der Waals surface area (Å²) in [5.41, 5.74) is -0.111. The summed E-state index contributed by atoms with van der Waals surface area (Å²) in [6, 6.07) is 15.5. The van der Waals surface area contributed by atoms with Gasteiger partial charge in [0.15, 0.2) is 8.32 Å². The van der Waals surface area contributed by atoms with Crippen molar-refractivity contribution in [2.45, 2.75) is 167 Å². The van der Waals surface area contributed by atoms with E-state index in [0.717, 1.165) is 17.2 Å². The second kappa shape index (κ2) is 22.8. The smallest absolute Gasteiger partial charge is 0.410 e. The molecule has 2 heterocycles. The first-order chi connectivity index (χ1) is 32.3. The molecule has 2 N–H and O–H groups in total. The van der Waals surface area contributed by atoms with Crippen molar-refractivity contribution in [2.24, 2.45) is 5.92 Å². The molecule has 0 aromatic heterocycles. The van der Waals surface area contributed by atoms with E-state index in [-0.39, 0.29) is 67.3 Å². The zero-order chi connectivity index (χ0) is 51.1. The van der Waals surface area contributed by atoms with Gasteiger partial charge in [0.25, 0.3) is 0 Å². The summed E-state index contributed by atoms with van der Waals surface area (Å²) in [5, 5.41) is 5.90. The average molecular weight is 979 g/mol. The van der Waals surface area contributed by atoms with Crippen LogP contribution in [0.1, 0.15) is 105 Å². The minimum absolute atomic E-state index is 0.102. The Bertz CT molecular complexity index is 2210. The molecule has 2 aliphatic heterocycles. The van der Waals surface area contributed by atoms with E-state index in [1.165, 1.54) is 19.1 Å². The van der Waals surface area contributed by atoms with E-state index in [1.54, 1.807) is 50.9 Å². The van der Waals surface area contributed by atoms with Gasteiger partial charge in [-0.1, -0.05) is 71.4 Å². The molecule has 4 amide bonds. The lowest BCUT2D eigenvalue weighted by Crippen LogP contribution is -2.63. The summed E-state index contributed by atoms with van der Waals surface area (Å²) in [7, 11) is 0.291. The van der Waals surface area contributed by atoms with Crippen molar-refractivity contribution >= 4 is 32.1 Å². The molecule has 2 saturated heterocycles. The average Bonchev–Trinajstić information content (AvgIpc) is 3.84. The summed E-state index contributed by atoms with van der Waals surface area (Å²) >= 11 is 0. The first-order valence-electron chi connectivity index (χ1n) is 24.2. The highest BCUT2D eigenvalue weighted by molar-refractivity contribution is 6.74. The third-order valence-electron chi connectivity index (χ3n) is 14.0. The van der Waals surface area contributed by atoms with E-state index in [9.17, 15) is 14.4 Å². The van der Waals surface area contributed by atoms with Crippen molar-refractivity contribution in [3.63, 3.8) is 0 Å². The number of aryl methyl sites for hydroxylation is 1. The molecule has 380 valence electrons. The fraction of sp³-hybridized carbons (Fsp3) is 0.585. The number of benzene rings is 3. The predicted molar refractivity (Wildman–Crippen MR) is 264 cm³/mol. The third-order valence-corrected chi connectivity index (χ3v) is 18.5. The van der Waals surface area contributed by atoms with E-state index in [0.29, 0.717) is 30.8 Å². The fourth-order valence-corrected chi connectivity index (χ4v) is 10.6. The Kier molecular flexibility index (Phi) is 18.1. The van der Waals surface area contributed by atoms with Crippen LogP contribution < -0.4 is 20.1 Å². The molecular weight excluding hydrogens is 903 g/mol. The van der Waals surface area contributed by atoms with Crippen LogP contribution in [0.3, 0.4) is 0 Å². The number of nitrogens with zero attached hydrogens (tertiary/aromatic N) is 2. The van der Waals surface area contributed by atoms with Gasteiger partial charge in [0.1, 0.15) is 40.3 Å². The molecule has 7 atom stereocenters. The van der Waals surface area contributed by atoms with Crippen LogP contribution in [0.5, 0.6) is 11.5 Å². The first kappa shape index (κ1) is 54.9. The van der Waals surface area contributed by atoms with E-state index >= 15 is 13.6 Å². The molecule has 2 unspecified atom stereocenters. The lowest BCUT2D eigenvalue weighted by Gasteiger charge is -2.45. The van der Waals surface area contributed by atoms with Crippen molar-refractivity contribution in [1.82, 2.24) is 20.4 Å². The lowest BCUT2D eigenvalue weighted by atomic mass is 9.81. The van der Waals surface area contributed by atoms with Gasteiger partial charge in [-0.05, 0) is 118 Å². The van der Waals surface area contributed by atoms with Crippen LogP contribution in [-0.4, -0.2) is 111 Å². The van der Waals surface area contributed by atoms with Gasteiger partial charge in [0.05, 0.1) is 51.7 Å². The summed E-state index contributed by atoms with van der Waals surface area (Å²) in [6.07, 6.45) is -0.423. The number of carbonyl (C=O) groups is 4. The Morgan fingerprint density at radius 1 is 0.899 bits per heavy atom. The molecule has 13 nitrogen and oxygen atoms in total. The zero-order valence-corrected chi connectivity index (χ0v) is 44.0. The number of methoxy groups -OCH3 is 2. The van der Waals surface area contributed by atoms with E-state index < -0.39 is 73.4 Å². The van der Waals surface area contributed by atoms with Crippen molar-refractivity contribution in [3.8, 4) is 11.5 Å². The number of carbonyl (C=O) groups excluding carboxylic acids is 4. The van der Waals surface area contributed by atoms with Crippen molar-refractivity contribution in [2.75, 3.05) is 27.3 Å². The Balaban J connectivity index is 1.64.